The van der Waals surface area contributed by atoms with Crippen LogP contribution in [0, 0.1) is 0 Å². The first-order valence-corrected chi connectivity index (χ1v) is 14.8. The van der Waals surface area contributed by atoms with Crippen molar-refractivity contribution in [2.75, 3.05) is 6.61 Å². The van der Waals surface area contributed by atoms with Crippen LogP contribution in [0.2, 0.25) is 18.1 Å². The van der Waals surface area contributed by atoms with Gasteiger partial charge in [-0.25, -0.2) is 0 Å². The van der Waals surface area contributed by atoms with Crippen molar-refractivity contribution < 1.29 is 9.53 Å². The quantitative estimate of drug-likeness (QED) is 0.154. The summed E-state index contributed by atoms with van der Waals surface area (Å²) in [5.74, 6) is 0. The molecule has 0 saturated carbocycles. The molecule has 0 bridgehead atoms. The summed E-state index contributed by atoms with van der Waals surface area (Å²) >= 11 is 0. The van der Waals surface area contributed by atoms with E-state index in [0.29, 0.717) is 0 Å². The average molecular weight is 414 g/mol. The van der Waals surface area contributed by atoms with Crippen molar-refractivity contribution >= 4 is 8.32 Å². The number of nitrogens with two attached hydrogens (primary N) is 1. The Labute approximate surface area is 177 Å². The van der Waals surface area contributed by atoms with Crippen molar-refractivity contribution in [2.45, 2.75) is 135 Å². The van der Waals surface area contributed by atoms with Gasteiger partial charge in [-0.15, -0.1) is 0 Å². The van der Waals surface area contributed by atoms with E-state index < -0.39 is 8.32 Å². The lowest BCUT2D eigenvalue weighted by atomic mass is 10.0. The van der Waals surface area contributed by atoms with Crippen LogP contribution in [0.3, 0.4) is 0 Å². The lowest BCUT2D eigenvalue weighted by Crippen LogP contribution is -2.49. The van der Waals surface area contributed by atoms with E-state index in [1.807, 2.05) is 0 Å². The maximum Gasteiger partial charge on any atom is 0.192 e. The highest BCUT2D eigenvalue weighted by Crippen LogP contribution is 2.37. The summed E-state index contributed by atoms with van der Waals surface area (Å²) in [5, 5.41) is 9.63. The van der Waals surface area contributed by atoms with Crippen molar-refractivity contribution in [3.63, 3.8) is 0 Å². The molecular weight excluding hydrogens is 362 g/mol. The van der Waals surface area contributed by atoms with Crippen molar-refractivity contribution in [1.82, 2.24) is 0 Å². The molecule has 3 nitrogen and oxygen atoms in total. The molecule has 0 heterocycles. The van der Waals surface area contributed by atoms with E-state index in [1.165, 1.54) is 70.6 Å². The molecule has 0 spiro atoms. The lowest BCUT2D eigenvalue weighted by molar-refractivity contribution is 0.149. The van der Waals surface area contributed by atoms with Gasteiger partial charge in [0.05, 0.1) is 18.8 Å². The molecule has 168 valence electrons. The number of unbranched alkanes of at least 4 members (excludes halogenated alkanes) is 11. The molecule has 0 aliphatic rings. The fourth-order valence-electron chi connectivity index (χ4n) is 3.05. The maximum atomic E-state index is 9.49. The van der Waals surface area contributed by atoms with Crippen molar-refractivity contribution in [1.29, 1.82) is 0 Å². The van der Waals surface area contributed by atoms with Gasteiger partial charge in [-0.3, -0.25) is 0 Å². The van der Waals surface area contributed by atoms with Crippen LogP contribution in [0.25, 0.3) is 0 Å². The number of aliphatic hydroxyl groups excluding tert-OH is 1. The Balaban J connectivity index is 3.99. The maximum absolute atomic E-state index is 9.49. The molecule has 0 saturated heterocycles. The van der Waals surface area contributed by atoms with Crippen LogP contribution in [0.1, 0.15) is 105 Å². The molecule has 4 heteroatoms. The minimum Gasteiger partial charge on any atom is -0.409 e. The first-order chi connectivity index (χ1) is 13.2. The molecule has 0 radical (unpaired) electrons. The zero-order valence-corrected chi connectivity index (χ0v) is 20.9. The fourth-order valence-corrected chi connectivity index (χ4v) is 4.33. The number of hydrogen-bond acceptors (Lipinski definition) is 3. The summed E-state index contributed by atoms with van der Waals surface area (Å²) in [5.41, 5.74) is 6.11. The number of aliphatic hydroxyl groups is 1. The predicted molar refractivity (Wildman–Crippen MR) is 127 cm³/mol. The summed E-state index contributed by atoms with van der Waals surface area (Å²) < 4.78 is 6.43. The van der Waals surface area contributed by atoms with E-state index in [4.69, 9.17) is 10.2 Å². The van der Waals surface area contributed by atoms with E-state index in [0.717, 1.165) is 6.42 Å². The van der Waals surface area contributed by atoms with Gasteiger partial charge in [0, 0.05) is 0 Å². The minimum absolute atomic E-state index is 0.0396. The minimum atomic E-state index is -1.89. The molecule has 0 aliphatic carbocycles. The van der Waals surface area contributed by atoms with E-state index >= 15 is 0 Å². The van der Waals surface area contributed by atoms with Crippen LogP contribution >= 0.6 is 0 Å². The van der Waals surface area contributed by atoms with Crippen LogP contribution in [-0.2, 0) is 4.43 Å². The highest BCUT2D eigenvalue weighted by Gasteiger charge is 2.39. The summed E-state index contributed by atoms with van der Waals surface area (Å²) in [6.45, 7) is 13.4. The van der Waals surface area contributed by atoms with Gasteiger partial charge in [0.1, 0.15) is 0 Å². The Bertz CT molecular complexity index is 391. The van der Waals surface area contributed by atoms with Crippen LogP contribution in [0.5, 0.6) is 0 Å². The molecule has 0 aliphatic heterocycles. The van der Waals surface area contributed by atoms with Gasteiger partial charge in [-0.2, -0.15) is 0 Å². The molecule has 0 aromatic carbocycles. The highest BCUT2D eigenvalue weighted by atomic mass is 28.4. The van der Waals surface area contributed by atoms with E-state index in [2.05, 4.69) is 52.9 Å². The first-order valence-electron chi connectivity index (χ1n) is 11.9. The third kappa shape index (κ3) is 13.1. The van der Waals surface area contributed by atoms with Crippen LogP contribution in [0.15, 0.2) is 12.2 Å². The summed E-state index contributed by atoms with van der Waals surface area (Å²) in [6.07, 6.45) is 20.3. The molecule has 0 amide bonds. The second-order valence-electron chi connectivity index (χ2n) is 9.94. The average Bonchev–Trinajstić information content (AvgIpc) is 2.62. The second-order valence-corrected chi connectivity index (χ2v) is 14.7. The largest absolute Gasteiger partial charge is 0.409 e. The Hall–Kier alpha value is -0.163. The number of allylic oxidation sites excluding steroid dienone is 1. The van der Waals surface area contributed by atoms with Gasteiger partial charge in [0.2, 0.25) is 0 Å². The zero-order valence-electron chi connectivity index (χ0n) is 19.9. The molecule has 0 aromatic rings. The van der Waals surface area contributed by atoms with Crippen LogP contribution < -0.4 is 5.73 Å². The van der Waals surface area contributed by atoms with Gasteiger partial charge < -0.3 is 15.3 Å². The van der Waals surface area contributed by atoms with Crippen molar-refractivity contribution in [2.24, 2.45) is 5.73 Å². The zero-order chi connectivity index (χ0) is 21.5. The molecule has 0 rings (SSSR count). The standard InChI is InChI=1S/C24H51NO2Si/c1-7-8-9-10-11-12-13-14-15-16-17-18-19-20-23(22(25)21-26)27-28(5,6)24(2,3)4/h19-20,22-23,26H,7-18,21,25H2,1-6H3/b20-19+/t22-,23+/m0/s1. The Morgan fingerprint density at radius 2 is 1.36 bits per heavy atom. The molecule has 2 atom stereocenters. The van der Waals surface area contributed by atoms with E-state index in [1.54, 1.807) is 0 Å². The van der Waals surface area contributed by atoms with Crippen molar-refractivity contribution in [3.05, 3.63) is 12.2 Å². The smallest absolute Gasteiger partial charge is 0.192 e. The normalized spacial score (nSPS) is 15.3. The third-order valence-corrected chi connectivity index (χ3v) is 10.6. The first kappa shape index (κ1) is 27.8. The molecule has 3 N–H and O–H groups in total. The van der Waals surface area contributed by atoms with Crippen molar-refractivity contribution in [3.8, 4) is 0 Å². The van der Waals surface area contributed by atoms with E-state index in [9.17, 15) is 5.11 Å². The summed E-state index contributed by atoms with van der Waals surface area (Å²) in [6, 6.07) is -0.345. The van der Waals surface area contributed by atoms with Crippen LogP contribution in [0.4, 0.5) is 0 Å². The molecular formula is C24H51NO2Si. The predicted octanol–water partition coefficient (Wildman–Crippen LogP) is 6.95. The Morgan fingerprint density at radius 1 is 0.893 bits per heavy atom. The summed E-state index contributed by atoms with van der Waals surface area (Å²) in [7, 11) is -1.89. The summed E-state index contributed by atoms with van der Waals surface area (Å²) in [4.78, 5) is 0. The third-order valence-electron chi connectivity index (χ3n) is 6.17. The lowest BCUT2D eigenvalue weighted by Gasteiger charge is -2.39. The Kier molecular flexibility index (Phi) is 15.6. The number of rotatable bonds is 17. The number of hydrogen-bond donors (Lipinski definition) is 2. The second kappa shape index (κ2) is 15.6. The van der Waals surface area contributed by atoms with Gasteiger partial charge in [0.25, 0.3) is 0 Å². The Morgan fingerprint density at radius 3 is 1.79 bits per heavy atom. The van der Waals surface area contributed by atoms with Gasteiger partial charge >= 0.3 is 0 Å². The monoisotopic (exact) mass is 413 g/mol. The topological polar surface area (TPSA) is 55.5 Å². The van der Waals surface area contributed by atoms with Crippen LogP contribution in [-0.4, -0.2) is 32.2 Å². The molecule has 28 heavy (non-hydrogen) atoms. The highest BCUT2D eigenvalue weighted by molar-refractivity contribution is 6.74. The van der Waals surface area contributed by atoms with Gasteiger partial charge in [0.15, 0.2) is 8.32 Å². The molecule has 0 aromatic heterocycles. The molecule has 0 unspecified atom stereocenters. The van der Waals surface area contributed by atoms with Gasteiger partial charge in [-0.1, -0.05) is 104 Å². The SMILES string of the molecule is CCCCCCCCCCCCC/C=C/[C@@H](O[Si](C)(C)C(C)(C)C)[C@@H](N)CO. The fraction of sp³-hybridized carbons (Fsp3) is 0.917. The van der Waals surface area contributed by atoms with E-state index in [-0.39, 0.29) is 23.8 Å². The van der Waals surface area contributed by atoms with Gasteiger partial charge in [-0.05, 0) is 31.0 Å². The molecule has 0 fully saturated rings.